The maximum absolute atomic E-state index is 14.7. The van der Waals surface area contributed by atoms with E-state index in [1.165, 1.54) is 26.7 Å². The zero-order valence-electron chi connectivity index (χ0n) is 20.4. The van der Waals surface area contributed by atoms with Gasteiger partial charge in [-0.25, -0.2) is 9.37 Å². The van der Waals surface area contributed by atoms with Gasteiger partial charge >= 0.3 is 5.97 Å². The van der Waals surface area contributed by atoms with Crippen molar-refractivity contribution in [2.24, 2.45) is 0 Å². The molecule has 1 unspecified atom stereocenters. The van der Waals surface area contributed by atoms with Crippen LogP contribution in [0.5, 0.6) is 5.75 Å². The highest BCUT2D eigenvalue weighted by Gasteiger charge is 2.31. The van der Waals surface area contributed by atoms with Gasteiger partial charge in [-0.2, -0.15) is 0 Å². The van der Waals surface area contributed by atoms with Crippen molar-refractivity contribution in [3.8, 4) is 5.75 Å². The second kappa shape index (κ2) is 9.64. The van der Waals surface area contributed by atoms with Crippen LogP contribution in [0.3, 0.4) is 0 Å². The van der Waals surface area contributed by atoms with E-state index in [1.807, 2.05) is 12.3 Å². The average molecular weight is 476 g/mol. The first-order valence-electron chi connectivity index (χ1n) is 12.2. The van der Waals surface area contributed by atoms with Crippen molar-refractivity contribution in [2.75, 3.05) is 14.2 Å². The zero-order valence-corrected chi connectivity index (χ0v) is 20.4. The fourth-order valence-electron chi connectivity index (χ4n) is 5.38. The minimum Gasteiger partial charge on any atom is -0.496 e. The van der Waals surface area contributed by atoms with Crippen LogP contribution in [0.4, 0.5) is 4.39 Å². The predicted molar refractivity (Wildman–Crippen MR) is 133 cm³/mol. The van der Waals surface area contributed by atoms with Crippen LogP contribution in [0.1, 0.15) is 60.9 Å². The molecule has 1 atom stereocenters. The number of benzene rings is 2. The number of fused-ring (bicyclic) bond motifs is 3. The lowest BCUT2D eigenvalue weighted by Crippen LogP contribution is -2.23. The van der Waals surface area contributed by atoms with Gasteiger partial charge in [0.1, 0.15) is 23.3 Å². The molecule has 0 N–H and O–H groups in total. The largest absolute Gasteiger partial charge is 0.496 e. The van der Waals surface area contributed by atoms with Crippen LogP contribution in [0.25, 0.3) is 21.8 Å². The molecule has 1 aliphatic rings. The second-order valence-corrected chi connectivity index (χ2v) is 9.36. The van der Waals surface area contributed by atoms with E-state index in [2.05, 4.69) is 21.7 Å². The molecule has 2 heterocycles. The lowest BCUT2D eigenvalue weighted by Gasteiger charge is -2.25. The lowest BCUT2D eigenvalue weighted by atomic mass is 9.88. The van der Waals surface area contributed by atoms with Crippen LogP contribution in [0, 0.1) is 12.7 Å². The van der Waals surface area contributed by atoms with E-state index in [-0.39, 0.29) is 12.4 Å². The molecule has 2 aromatic heterocycles. The Kier molecular flexibility index (Phi) is 6.41. The Bertz CT molecular complexity index is 1390. The number of ether oxygens (including phenoxy) is 2. The summed E-state index contributed by atoms with van der Waals surface area (Å²) in [5.41, 5.74) is 2.75. The van der Waals surface area contributed by atoms with Gasteiger partial charge in [0.25, 0.3) is 0 Å². The maximum atomic E-state index is 14.7. The molecule has 2 aromatic carbocycles. The number of nitrogens with zero attached hydrogens (tertiary/aromatic N) is 3. The van der Waals surface area contributed by atoms with E-state index < -0.39 is 11.9 Å². The van der Waals surface area contributed by atoms with Gasteiger partial charge in [0.2, 0.25) is 0 Å². The van der Waals surface area contributed by atoms with Gasteiger partial charge in [0.15, 0.2) is 0 Å². The summed E-state index contributed by atoms with van der Waals surface area (Å²) >= 11 is 0. The number of rotatable bonds is 6. The van der Waals surface area contributed by atoms with E-state index in [0.29, 0.717) is 22.8 Å². The number of carbonyl (C=O) groups is 1. The smallest absolute Gasteiger partial charge is 0.315 e. The number of pyridine rings is 1. The molecule has 1 saturated carbocycles. The van der Waals surface area contributed by atoms with Crippen molar-refractivity contribution < 1.29 is 18.7 Å². The summed E-state index contributed by atoms with van der Waals surface area (Å²) in [5, 5.41) is 2.05. The van der Waals surface area contributed by atoms with Gasteiger partial charge in [-0.05, 0) is 55.0 Å². The molecular formula is C28H30FN3O3. The third kappa shape index (κ3) is 4.24. The van der Waals surface area contributed by atoms with Crippen molar-refractivity contribution >= 4 is 27.8 Å². The Balaban J connectivity index is 1.70. The monoisotopic (exact) mass is 475 g/mol. The third-order valence-corrected chi connectivity index (χ3v) is 7.27. The number of carbonyl (C=O) groups excluding carboxylic acids is 1. The number of hydrogen-bond acceptors (Lipinski definition) is 5. The molecule has 0 aliphatic heterocycles. The van der Waals surface area contributed by atoms with Crippen LogP contribution in [-0.4, -0.2) is 34.7 Å². The molecule has 182 valence electrons. The van der Waals surface area contributed by atoms with Crippen LogP contribution in [-0.2, 0) is 16.1 Å². The van der Waals surface area contributed by atoms with Gasteiger partial charge in [-0.15, -0.1) is 0 Å². The normalized spacial score (nSPS) is 15.4. The number of hydrogen-bond donors (Lipinski definition) is 0. The summed E-state index contributed by atoms with van der Waals surface area (Å²) < 4.78 is 27.6. The van der Waals surface area contributed by atoms with Crippen molar-refractivity contribution in [2.45, 2.75) is 57.4 Å². The minimum absolute atomic E-state index is 0.277. The summed E-state index contributed by atoms with van der Waals surface area (Å²) in [4.78, 5) is 22.6. The highest BCUT2D eigenvalue weighted by molar-refractivity contribution is 6.04. The van der Waals surface area contributed by atoms with Crippen LogP contribution in [0.2, 0.25) is 0 Å². The van der Waals surface area contributed by atoms with E-state index in [4.69, 9.17) is 14.5 Å². The Morgan fingerprint density at radius 2 is 1.97 bits per heavy atom. The van der Waals surface area contributed by atoms with Gasteiger partial charge in [0, 0.05) is 35.8 Å². The number of imidazole rings is 1. The molecule has 0 amide bonds. The summed E-state index contributed by atoms with van der Waals surface area (Å²) in [7, 11) is 2.89. The van der Waals surface area contributed by atoms with E-state index in [1.54, 1.807) is 19.2 Å². The van der Waals surface area contributed by atoms with E-state index in [9.17, 15) is 9.18 Å². The number of aryl methyl sites for hydroxylation is 1. The highest BCUT2D eigenvalue weighted by Crippen LogP contribution is 2.38. The highest BCUT2D eigenvalue weighted by atomic mass is 19.1. The van der Waals surface area contributed by atoms with E-state index >= 15 is 0 Å². The first kappa shape index (κ1) is 23.3. The van der Waals surface area contributed by atoms with Crippen LogP contribution < -0.4 is 4.74 Å². The number of esters is 1. The Hall–Kier alpha value is -3.48. The van der Waals surface area contributed by atoms with Gasteiger partial charge in [0.05, 0.1) is 25.3 Å². The molecule has 35 heavy (non-hydrogen) atoms. The van der Waals surface area contributed by atoms with Crippen LogP contribution in [0.15, 0.2) is 42.7 Å². The molecule has 1 aliphatic carbocycles. The molecule has 1 fully saturated rings. The SMILES string of the molecule is COC(=O)C(Cn1c(C2CCCCC2)nc2c3cnccc3ccc21)c1cc(F)c(C)cc1OC. The lowest BCUT2D eigenvalue weighted by molar-refractivity contribution is -0.142. The minimum atomic E-state index is -0.755. The fraction of sp³-hybridized carbons (Fsp3) is 0.393. The molecular weight excluding hydrogens is 445 g/mol. The first-order chi connectivity index (χ1) is 17.0. The zero-order chi connectivity index (χ0) is 24.5. The second-order valence-electron chi connectivity index (χ2n) is 9.36. The van der Waals surface area contributed by atoms with Crippen molar-refractivity contribution in [1.29, 1.82) is 0 Å². The number of aromatic nitrogens is 3. The number of methoxy groups -OCH3 is 2. The fourth-order valence-corrected chi connectivity index (χ4v) is 5.38. The van der Waals surface area contributed by atoms with Crippen molar-refractivity contribution in [3.63, 3.8) is 0 Å². The topological polar surface area (TPSA) is 66.2 Å². The molecule has 0 spiro atoms. The Labute approximate surface area is 204 Å². The molecule has 6 nitrogen and oxygen atoms in total. The predicted octanol–water partition coefficient (Wildman–Crippen LogP) is 6.05. The maximum Gasteiger partial charge on any atom is 0.315 e. The van der Waals surface area contributed by atoms with Crippen molar-refractivity contribution in [1.82, 2.24) is 14.5 Å². The summed E-state index contributed by atoms with van der Waals surface area (Å²) in [6.07, 6.45) is 9.29. The van der Waals surface area contributed by atoms with Gasteiger partial charge < -0.3 is 14.0 Å². The standard InChI is InChI=1S/C28H30FN3O3/c1-17-13-25(34-2)20(14-23(17)29)22(28(33)35-3)16-32-24-10-9-18-11-12-30-15-21(18)26(24)31-27(32)19-7-5-4-6-8-19/h9-15,19,22H,4-8,16H2,1-3H3. The van der Waals surface area contributed by atoms with Crippen molar-refractivity contribution in [3.05, 3.63) is 65.5 Å². The molecule has 0 saturated heterocycles. The summed E-state index contributed by atoms with van der Waals surface area (Å²) in [6, 6.07) is 9.12. The van der Waals surface area contributed by atoms with Gasteiger partial charge in [-0.1, -0.05) is 25.3 Å². The quantitative estimate of drug-likeness (QED) is 0.318. The Morgan fingerprint density at radius 3 is 2.71 bits per heavy atom. The first-order valence-corrected chi connectivity index (χ1v) is 12.2. The summed E-state index contributed by atoms with van der Waals surface area (Å²) in [5.74, 6) is 0.168. The summed E-state index contributed by atoms with van der Waals surface area (Å²) in [6.45, 7) is 1.96. The molecule has 5 rings (SSSR count). The third-order valence-electron chi connectivity index (χ3n) is 7.27. The van der Waals surface area contributed by atoms with E-state index in [0.717, 1.165) is 53.3 Å². The molecule has 0 radical (unpaired) electrons. The Morgan fingerprint density at radius 1 is 1.17 bits per heavy atom. The van der Waals surface area contributed by atoms with Gasteiger partial charge in [-0.3, -0.25) is 9.78 Å². The average Bonchev–Trinajstić information content (AvgIpc) is 3.27. The van der Waals surface area contributed by atoms with Crippen LogP contribution >= 0.6 is 0 Å². The molecule has 4 aromatic rings. The molecule has 0 bridgehead atoms. The molecule has 7 heteroatoms. The number of halogens is 1.